The Morgan fingerprint density at radius 1 is 1.15 bits per heavy atom. The highest BCUT2D eigenvalue weighted by atomic mass is 35.5. The third-order valence-electron chi connectivity index (χ3n) is 7.33. The molecule has 1 aromatic carbocycles. The van der Waals surface area contributed by atoms with E-state index in [1.165, 1.54) is 16.7 Å². The molecule has 0 aliphatic carbocycles. The number of halogens is 1. The van der Waals surface area contributed by atoms with Crippen LogP contribution in [0.15, 0.2) is 48.6 Å². The number of fused-ring (bicyclic) bond motifs is 2. The summed E-state index contributed by atoms with van der Waals surface area (Å²) in [6, 6.07) is 5.53. The highest BCUT2D eigenvalue weighted by Crippen LogP contribution is 2.65. The summed E-state index contributed by atoms with van der Waals surface area (Å²) in [7, 11) is 0. The summed E-state index contributed by atoms with van der Waals surface area (Å²) >= 11 is 7.55. The second-order valence-corrected chi connectivity index (χ2v) is 11.7. The number of esters is 1. The number of likely N-dealkylation sites (tertiary alicyclic amines) is 1. The Hall–Kier alpha value is -2.29. The van der Waals surface area contributed by atoms with Gasteiger partial charge in [-0.15, -0.1) is 11.8 Å². The maximum Gasteiger partial charge on any atom is 0.311 e. The van der Waals surface area contributed by atoms with E-state index in [0.29, 0.717) is 23.7 Å². The molecule has 4 heterocycles. The van der Waals surface area contributed by atoms with Crippen LogP contribution in [0.5, 0.6) is 0 Å². The van der Waals surface area contributed by atoms with Crippen molar-refractivity contribution in [1.29, 1.82) is 0 Å². The second-order valence-electron chi connectivity index (χ2n) is 9.46. The summed E-state index contributed by atoms with van der Waals surface area (Å²) in [6.45, 7) is 3.97. The van der Waals surface area contributed by atoms with Crippen molar-refractivity contribution in [2.24, 2.45) is 11.8 Å². The molecule has 2 amide bonds. The molecule has 1 N–H and O–H groups in total. The van der Waals surface area contributed by atoms with E-state index in [4.69, 9.17) is 16.3 Å². The number of rotatable bonds is 3. The zero-order valence-corrected chi connectivity index (χ0v) is 20.6. The molecule has 9 heteroatoms. The van der Waals surface area contributed by atoms with Crippen molar-refractivity contribution in [2.75, 3.05) is 24.7 Å². The molecule has 6 atom stereocenters. The molecular formula is C25H27ClN2O5S. The van der Waals surface area contributed by atoms with Crippen LogP contribution in [0, 0.1) is 11.8 Å². The number of carbonyl (C=O) groups is 3. The smallest absolute Gasteiger partial charge is 0.311 e. The van der Waals surface area contributed by atoms with Crippen LogP contribution < -0.4 is 4.90 Å². The Morgan fingerprint density at radius 2 is 1.88 bits per heavy atom. The SMILES string of the molecule is C[C@H](CO)N1C(=O)[C@@H]2[C@H]3C(=O)OCCC=C[C@@]3(C)S[C@@]23C=CCN(c2ccc(Cl)cc2)C(=O)C13. The molecule has 4 aliphatic heterocycles. The quantitative estimate of drug-likeness (QED) is 0.505. The van der Waals surface area contributed by atoms with Gasteiger partial charge in [-0.25, -0.2) is 0 Å². The molecule has 0 saturated carbocycles. The van der Waals surface area contributed by atoms with E-state index in [1.54, 1.807) is 36.1 Å². The first-order valence-electron chi connectivity index (χ1n) is 11.5. The van der Waals surface area contributed by atoms with Crippen molar-refractivity contribution in [1.82, 2.24) is 4.90 Å². The molecule has 4 aliphatic rings. The van der Waals surface area contributed by atoms with Crippen molar-refractivity contribution in [3.8, 4) is 0 Å². The lowest BCUT2D eigenvalue weighted by Crippen LogP contribution is -2.56. The number of amides is 2. The number of carbonyl (C=O) groups excluding carboxylic acids is 3. The van der Waals surface area contributed by atoms with Gasteiger partial charge < -0.3 is 19.6 Å². The average molecular weight is 503 g/mol. The number of anilines is 1. The summed E-state index contributed by atoms with van der Waals surface area (Å²) in [5.74, 6) is -2.46. The minimum atomic E-state index is -0.966. The van der Waals surface area contributed by atoms with Gasteiger partial charge in [0.05, 0.1) is 35.8 Å². The van der Waals surface area contributed by atoms with Gasteiger partial charge in [0, 0.05) is 22.0 Å². The van der Waals surface area contributed by atoms with Gasteiger partial charge in [0.15, 0.2) is 0 Å². The Balaban J connectivity index is 1.67. The molecule has 2 fully saturated rings. The number of hydrogen-bond donors (Lipinski definition) is 1. The van der Waals surface area contributed by atoms with Crippen LogP contribution in [-0.4, -0.2) is 69.1 Å². The Bertz CT molecular complexity index is 1090. The van der Waals surface area contributed by atoms with Gasteiger partial charge in [0.2, 0.25) is 5.91 Å². The van der Waals surface area contributed by atoms with Gasteiger partial charge >= 0.3 is 5.97 Å². The van der Waals surface area contributed by atoms with Gasteiger partial charge in [0.1, 0.15) is 6.04 Å². The minimum Gasteiger partial charge on any atom is -0.465 e. The van der Waals surface area contributed by atoms with Gasteiger partial charge in [-0.3, -0.25) is 14.4 Å². The first-order valence-corrected chi connectivity index (χ1v) is 12.6. The highest BCUT2D eigenvalue weighted by molar-refractivity contribution is 8.02. The number of ether oxygens (including phenoxy) is 1. The highest BCUT2D eigenvalue weighted by Gasteiger charge is 2.74. The van der Waals surface area contributed by atoms with Crippen LogP contribution in [0.2, 0.25) is 5.02 Å². The molecule has 1 unspecified atom stereocenters. The van der Waals surface area contributed by atoms with E-state index < -0.39 is 39.4 Å². The molecule has 180 valence electrons. The number of aliphatic hydroxyl groups is 1. The number of aliphatic hydroxyl groups excluding tert-OH is 1. The summed E-state index contributed by atoms with van der Waals surface area (Å²) in [5, 5.41) is 10.6. The number of thioether (sulfide) groups is 1. The first kappa shape index (κ1) is 23.5. The minimum absolute atomic E-state index is 0.244. The van der Waals surface area contributed by atoms with E-state index in [0.717, 1.165) is 0 Å². The van der Waals surface area contributed by atoms with Gasteiger partial charge in [-0.1, -0.05) is 35.9 Å². The summed E-state index contributed by atoms with van der Waals surface area (Å²) in [6.07, 6.45) is 8.45. The molecule has 1 spiro atoms. The first-order chi connectivity index (χ1) is 16.2. The Morgan fingerprint density at radius 3 is 2.59 bits per heavy atom. The third kappa shape index (κ3) is 3.33. The molecular weight excluding hydrogens is 476 g/mol. The zero-order valence-electron chi connectivity index (χ0n) is 19.0. The van der Waals surface area contributed by atoms with E-state index in [9.17, 15) is 19.5 Å². The Kier molecular flexibility index (Phi) is 5.81. The zero-order chi connectivity index (χ0) is 24.3. The van der Waals surface area contributed by atoms with E-state index in [2.05, 4.69) is 0 Å². The third-order valence-corrected chi connectivity index (χ3v) is 9.38. The average Bonchev–Trinajstić information content (AvgIpc) is 3.13. The van der Waals surface area contributed by atoms with E-state index in [-0.39, 0.29) is 25.0 Å². The number of cyclic esters (lactones) is 1. The maximum absolute atomic E-state index is 14.2. The van der Waals surface area contributed by atoms with Crippen LogP contribution in [0.25, 0.3) is 0 Å². The van der Waals surface area contributed by atoms with Crippen LogP contribution in [0.1, 0.15) is 20.3 Å². The van der Waals surface area contributed by atoms with Crippen molar-refractivity contribution in [2.45, 2.75) is 41.8 Å². The lowest BCUT2D eigenvalue weighted by atomic mass is 9.74. The number of benzene rings is 1. The largest absolute Gasteiger partial charge is 0.465 e. The normalized spacial score (nSPS) is 35.8. The number of nitrogens with zero attached hydrogens (tertiary/aromatic N) is 2. The lowest BCUT2D eigenvalue weighted by molar-refractivity contribution is -0.154. The molecule has 1 aromatic rings. The standard InChI is InChI=1S/C25H27ClN2O5S/c1-15(14-29)28-20-22(31)27(17-8-6-16(26)7-9-17)12-5-11-25(20)18(21(28)30)19-23(32)33-13-4-3-10-24(19,2)34-25/h3,5-11,15,18-20,29H,4,12-14H2,1-2H3/t15-,18+,19+,20?,24-,25+/m1/s1. The predicted molar refractivity (Wildman–Crippen MR) is 131 cm³/mol. The van der Waals surface area contributed by atoms with Gasteiger partial charge in [-0.2, -0.15) is 0 Å². The molecule has 7 nitrogen and oxygen atoms in total. The molecule has 0 aromatic heterocycles. The second kappa shape index (κ2) is 8.43. The fourth-order valence-corrected chi connectivity index (χ4v) is 8.11. The summed E-state index contributed by atoms with van der Waals surface area (Å²) in [5.41, 5.74) is 0.670. The molecule has 0 bridgehead atoms. The summed E-state index contributed by atoms with van der Waals surface area (Å²) < 4.78 is 3.85. The van der Waals surface area contributed by atoms with Crippen molar-refractivity contribution in [3.63, 3.8) is 0 Å². The fourth-order valence-electron chi connectivity index (χ4n) is 5.84. The fraction of sp³-hybridized carbons (Fsp3) is 0.480. The molecule has 5 rings (SSSR count). The van der Waals surface area contributed by atoms with Gasteiger partial charge in [-0.05, 0) is 44.5 Å². The lowest BCUT2D eigenvalue weighted by Gasteiger charge is -2.39. The Labute approximate surface area is 207 Å². The maximum atomic E-state index is 14.2. The summed E-state index contributed by atoms with van der Waals surface area (Å²) in [4.78, 5) is 44.5. The van der Waals surface area contributed by atoms with E-state index in [1.807, 2.05) is 31.2 Å². The van der Waals surface area contributed by atoms with Gasteiger partial charge in [0.25, 0.3) is 5.91 Å². The number of hydrogen-bond acceptors (Lipinski definition) is 6. The van der Waals surface area contributed by atoms with Crippen molar-refractivity contribution < 1.29 is 24.2 Å². The predicted octanol–water partition coefficient (Wildman–Crippen LogP) is 2.81. The monoisotopic (exact) mass is 502 g/mol. The van der Waals surface area contributed by atoms with Crippen LogP contribution >= 0.6 is 23.4 Å². The van der Waals surface area contributed by atoms with Crippen LogP contribution in [0.4, 0.5) is 5.69 Å². The van der Waals surface area contributed by atoms with Crippen molar-refractivity contribution in [3.05, 3.63) is 53.6 Å². The van der Waals surface area contributed by atoms with E-state index >= 15 is 0 Å². The van der Waals surface area contributed by atoms with Crippen LogP contribution in [-0.2, 0) is 19.1 Å². The van der Waals surface area contributed by atoms with Crippen LogP contribution in [0.3, 0.4) is 0 Å². The molecule has 34 heavy (non-hydrogen) atoms. The molecule has 0 radical (unpaired) electrons. The topological polar surface area (TPSA) is 87.2 Å². The molecule has 2 saturated heterocycles. The van der Waals surface area contributed by atoms with Crippen molar-refractivity contribution >= 4 is 46.8 Å².